The molecular weight excluding hydrogens is 242 g/mol. The summed E-state index contributed by atoms with van der Waals surface area (Å²) in [7, 11) is 1.65. The van der Waals surface area contributed by atoms with Crippen LogP contribution in [-0.4, -0.2) is 20.3 Å². The van der Waals surface area contributed by atoms with Crippen LogP contribution < -0.4 is 19.9 Å². The van der Waals surface area contributed by atoms with Crippen LogP contribution in [0.5, 0.6) is 17.2 Å². The van der Waals surface area contributed by atoms with E-state index in [9.17, 15) is 0 Å². The minimum Gasteiger partial charge on any atom is -0.496 e. The molecule has 2 N–H and O–H groups in total. The standard InChI is InChI=1S/C15H15NO3/c1-17-13-5-3-11(16)9-12(13)10-2-4-14-15(8-10)19-7-6-18-14/h2-5,8-9H,6-7,16H2,1H3. The van der Waals surface area contributed by atoms with Gasteiger partial charge in [-0.1, -0.05) is 6.07 Å². The van der Waals surface area contributed by atoms with Crippen LogP contribution in [0.4, 0.5) is 5.69 Å². The third kappa shape index (κ3) is 2.17. The zero-order chi connectivity index (χ0) is 13.2. The number of hydrogen-bond acceptors (Lipinski definition) is 4. The zero-order valence-corrected chi connectivity index (χ0v) is 10.7. The van der Waals surface area contributed by atoms with E-state index in [-0.39, 0.29) is 0 Å². The number of ether oxygens (including phenoxy) is 3. The molecule has 0 unspecified atom stereocenters. The van der Waals surface area contributed by atoms with Crippen molar-refractivity contribution in [2.45, 2.75) is 0 Å². The van der Waals surface area contributed by atoms with Crippen LogP contribution in [-0.2, 0) is 0 Å². The largest absolute Gasteiger partial charge is 0.496 e. The number of anilines is 1. The van der Waals surface area contributed by atoms with Crippen molar-refractivity contribution in [2.24, 2.45) is 0 Å². The van der Waals surface area contributed by atoms with Crippen molar-refractivity contribution in [3.63, 3.8) is 0 Å². The molecule has 0 bridgehead atoms. The first kappa shape index (κ1) is 11.7. The molecule has 0 atom stereocenters. The van der Waals surface area contributed by atoms with Gasteiger partial charge in [0.25, 0.3) is 0 Å². The minimum absolute atomic E-state index is 0.574. The van der Waals surface area contributed by atoms with Crippen molar-refractivity contribution >= 4 is 5.69 Å². The summed E-state index contributed by atoms with van der Waals surface area (Å²) in [5, 5.41) is 0. The number of fused-ring (bicyclic) bond motifs is 1. The molecule has 1 aliphatic rings. The maximum atomic E-state index is 5.85. The Bertz CT molecular complexity index is 610. The third-order valence-electron chi connectivity index (χ3n) is 3.08. The van der Waals surface area contributed by atoms with Gasteiger partial charge in [-0.05, 0) is 35.9 Å². The van der Waals surface area contributed by atoms with E-state index < -0.39 is 0 Å². The number of benzene rings is 2. The SMILES string of the molecule is COc1ccc(N)cc1-c1ccc2c(c1)OCCO2. The second kappa shape index (κ2) is 4.72. The van der Waals surface area contributed by atoms with E-state index in [1.54, 1.807) is 7.11 Å². The molecule has 1 aliphatic heterocycles. The normalized spacial score (nSPS) is 13.1. The molecule has 4 heteroatoms. The van der Waals surface area contributed by atoms with Crippen LogP contribution in [0.1, 0.15) is 0 Å². The summed E-state index contributed by atoms with van der Waals surface area (Å²) in [6.45, 7) is 1.17. The Kier molecular flexibility index (Phi) is 2.91. The molecule has 3 rings (SSSR count). The van der Waals surface area contributed by atoms with Gasteiger partial charge in [-0.25, -0.2) is 0 Å². The van der Waals surface area contributed by atoms with E-state index in [2.05, 4.69) is 0 Å². The van der Waals surface area contributed by atoms with Gasteiger partial charge in [0.15, 0.2) is 11.5 Å². The highest BCUT2D eigenvalue weighted by atomic mass is 16.6. The summed E-state index contributed by atoms with van der Waals surface area (Å²) < 4.78 is 16.5. The lowest BCUT2D eigenvalue weighted by Crippen LogP contribution is -2.15. The lowest BCUT2D eigenvalue weighted by atomic mass is 10.0. The molecule has 1 heterocycles. The van der Waals surface area contributed by atoms with Crippen LogP contribution >= 0.6 is 0 Å². The molecule has 0 radical (unpaired) electrons. The number of rotatable bonds is 2. The first-order valence-electron chi connectivity index (χ1n) is 6.11. The van der Waals surface area contributed by atoms with E-state index >= 15 is 0 Å². The van der Waals surface area contributed by atoms with Gasteiger partial charge in [-0.2, -0.15) is 0 Å². The van der Waals surface area contributed by atoms with Crippen LogP contribution in [0.15, 0.2) is 36.4 Å². The number of nitrogens with two attached hydrogens (primary N) is 1. The van der Waals surface area contributed by atoms with Gasteiger partial charge in [0.2, 0.25) is 0 Å². The lowest BCUT2D eigenvalue weighted by molar-refractivity contribution is 0.171. The van der Waals surface area contributed by atoms with Gasteiger partial charge in [0.1, 0.15) is 19.0 Å². The van der Waals surface area contributed by atoms with Gasteiger partial charge < -0.3 is 19.9 Å². The van der Waals surface area contributed by atoms with Gasteiger partial charge in [-0.3, -0.25) is 0 Å². The average molecular weight is 257 g/mol. The third-order valence-corrected chi connectivity index (χ3v) is 3.08. The van der Waals surface area contributed by atoms with Gasteiger partial charge >= 0.3 is 0 Å². The Balaban J connectivity index is 2.09. The quantitative estimate of drug-likeness (QED) is 0.840. The van der Waals surface area contributed by atoms with E-state index in [0.717, 1.165) is 28.4 Å². The molecule has 4 nitrogen and oxygen atoms in total. The molecule has 0 aliphatic carbocycles. The molecular formula is C15H15NO3. The molecule has 0 saturated carbocycles. The summed E-state index contributed by atoms with van der Waals surface area (Å²) in [4.78, 5) is 0. The number of nitrogen functional groups attached to an aromatic ring is 1. The van der Waals surface area contributed by atoms with Crippen LogP contribution in [0, 0.1) is 0 Å². The Labute approximate surface area is 111 Å². The van der Waals surface area contributed by atoms with E-state index in [0.29, 0.717) is 18.9 Å². The maximum Gasteiger partial charge on any atom is 0.161 e. The molecule has 98 valence electrons. The predicted molar refractivity (Wildman–Crippen MR) is 73.8 cm³/mol. The molecule has 2 aromatic rings. The zero-order valence-electron chi connectivity index (χ0n) is 10.7. The molecule has 2 aromatic carbocycles. The topological polar surface area (TPSA) is 53.7 Å². The molecule has 0 fully saturated rings. The van der Waals surface area contributed by atoms with Gasteiger partial charge in [0, 0.05) is 11.3 Å². The second-order valence-electron chi connectivity index (χ2n) is 4.32. The smallest absolute Gasteiger partial charge is 0.161 e. The van der Waals surface area contributed by atoms with Crippen molar-refractivity contribution < 1.29 is 14.2 Å². The van der Waals surface area contributed by atoms with E-state index in [4.69, 9.17) is 19.9 Å². The summed E-state index contributed by atoms with van der Waals surface area (Å²) in [5.74, 6) is 2.32. The first-order chi connectivity index (χ1) is 9.28. The molecule has 0 amide bonds. The molecule has 19 heavy (non-hydrogen) atoms. The van der Waals surface area contributed by atoms with E-state index in [1.165, 1.54) is 0 Å². The first-order valence-corrected chi connectivity index (χ1v) is 6.11. The van der Waals surface area contributed by atoms with Crippen LogP contribution in [0.3, 0.4) is 0 Å². The second-order valence-corrected chi connectivity index (χ2v) is 4.32. The van der Waals surface area contributed by atoms with Gasteiger partial charge in [0.05, 0.1) is 7.11 Å². The van der Waals surface area contributed by atoms with Crippen LogP contribution in [0.2, 0.25) is 0 Å². The highest BCUT2D eigenvalue weighted by molar-refractivity contribution is 5.75. The fraction of sp³-hybridized carbons (Fsp3) is 0.200. The predicted octanol–water partition coefficient (Wildman–Crippen LogP) is 2.72. The van der Waals surface area contributed by atoms with E-state index in [1.807, 2.05) is 36.4 Å². The highest BCUT2D eigenvalue weighted by Gasteiger charge is 2.14. The van der Waals surface area contributed by atoms with Crippen molar-refractivity contribution in [1.29, 1.82) is 0 Å². The molecule has 0 aromatic heterocycles. The average Bonchev–Trinajstić information content (AvgIpc) is 2.46. The summed E-state index contributed by atoms with van der Waals surface area (Å²) >= 11 is 0. The van der Waals surface area contributed by atoms with Crippen molar-refractivity contribution in [1.82, 2.24) is 0 Å². The summed E-state index contributed by atoms with van der Waals surface area (Å²) in [6, 6.07) is 11.4. The van der Waals surface area contributed by atoms with Gasteiger partial charge in [-0.15, -0.1) is 0 Å². The fourth-order valence-electron chi connectivity index (χ4n) is 2.16. The summed E-state index contributed by atoms with van der Waals surface area (Å²) in [6.07, 6.45) is 0. The summed E-state index contributed by atoms with van der Waals surface area (Å²) in [5.41, 5.74) is 8.48. The number of methoxy groups -OCH3 is 1. The Hall–Kier alpha value is -2.36. The fourth-order valence-corrected chi connectivity index (χ4v) is 2.16. The molecule has 0 spiro atoms. The Morgan fingerprint density at radius 1 is 1.00 bits per heavy atom. The van der Waals surface area contributed by atoms with Crippen LogP contribution in [0.25, 0.3) is 11.1 Å². The lowest BCUT2D eigenvalue weighted by Gasteiger charge is -2.19. The van der Waals surface area contributed by atoms with Crippen molar-refractivity contribution in [2.75, 3.05) is 26.1 Å². The minimum atomic E-state index is 0.574. The highest BCUT2D eigenvalue weighted by Crippen LogP contribution is 2.38. The molecule has 0 saturated heterocycles. The maximum absolute atomic E-state index is 5.85. The number of hydrogen-bond donors (Lipinski definition) is 1. The Morgan fingerprint density at radius 2 is 1.79 bits per heavy atom. The van der Waals surface area contributed by atoms with Crippen molar-refractivity contribution in [3.8, 4) is 28.4 Å². The van der Waals surface area contributed by atoms with Crippen molar-refractivity contribution in [3.05, 3.63) is 36.4 Å². The monoisotopic (exact) mass is 257 g/mol. The Morgan fingerprint density at radius 3 is 2.58 bits per heavy atom.